The summed E-state index contributed by atoms with van der Waals surface area (Å²) in [6, 6.07) is 0.699. The Kier molecular flexibility index (Phi) is 5.56. The van der Waals surface area contributed by atoms with Crippen LogP contribution in [0.4, 0.5) is 17.6 Å². The molecule has 1 aromatic heterocycles. The molecule has 1 heterocycles. The Morgan fingerprint density at radius 1 is 1.31 bits per heavy atom. The van der Waals surface area contributed by atoms with Gasteiger partial charge in [-0.05, 0) is 32.0 Å². The molecule has 0 aliphatic carbocycles. The molecule has 12 heteroatoms. The number of halogens is 4. The molecule has 1 atom stereocenters. The number of rotatable bonds is 6. The van der Waals surface area contributed by atoms with Crippen LogP contribution in [0.1, 0.15) is 31.3 Å². The molecule has 0 aliphatic heterocycles. The van der Waals surface area contributed by atoms with Gasteiger partial charge >= 0.3 is 12.2 Å². The summed E-state index contributed by atoms with van der Waals surface area (Å²) in [5, 5.41) is 7.57. The topological polar surface area (TPSA) is 86.1 Å². The summed E-state index contributed by atoms with van der Waals surface area (Å²) in [4.78, 5) is -0.715. The average molecular weight is 396 g/mol. The van der Waals surface area contributed by atoms with E-state index in [1.165, 1.54) is 18.6 Å². The minimum atomic E-state index is -5.02. The Morgan fingerprint density at radius 2 is 1.96 bits per heavy atom. The molecule has 7 nitrogen and oxygen atoms in total. The van der Waals surface area contributed by atoms with Gasteiger partial charge in [-0.3, -0.25) is 4.57 Å². The van der Waals surface area contributed by atoms with Crippen LogP contribution in [0.3, 0.4) is 0 Å². The molecule has 0 amide bonds. The van der Waals surface area contributed by atoms with Gasteiger partial charge in [0.25, 0.3) is 0 Å². The number of nitrogens with zero attached hydrogens (tertiary/aromatic N) is 3. The molecule has 0 saturated carbocycles. The number of sulfonamides is 1. The maximum absolute atomic E-state index is 13.4. The van der Waals surface area contributed by atoms with Gasteiger partial charge < -0.3 is 4.74 Å². The summed E-state index contributed by atoms with van der Waals surface area (Å²) in [5.74, 6) is -1.34. The highest BCUT2D eigenvalue weighted by Crippen LogP contribution is 2.33. The third-order valence-electron chi connectivity index (χ3n) is 3.52. The lowest BCUT2D eigenvalue weighted by molar-refractivity contribution is -0.140. The molecular weight excluding hydrogens is 380 g/mol. The van der Waals surface area contributed by atoms with Crippen LogP contribution >= 0.6 is 0 Å². The molecule has 0 radical (unpaired) electrons. The molecule has 2 aromatic rings. The van der Waals surface area contributed by atoms with Gasteiger partial charge in [-0.15, -0.1) is 5.10 Å². The van der Waals surface area contributed by atoms with Gasteiger partial charge in [0.15, 0.2) is 5.82 Å². The SMILES string of the molecule is CCn1c(OC)nnc1[C@@H](C)NS(=O)(=O)c1ccc(F)c(C(F)(F)F)c1. The summed E-state index contributed by atoms with van der Waals surface area (Å²) in [5.41, 5.74) is -1.66. The number of benzene rings is 1. The van der Waals surface area contributed by atoms with Crippen LogP contribution in [-0.4, -0.2) is 30.3 Å². The van der Waals surface area contributed by atoms with E-state index in [0.29, 0.717) is 12.6 Å². The van der Waals surface area contributed by atoms with E-state index in [2.05, 4.69) is 14.9 Å². The number of nitrogens with one attached hydrogen (secondary N) is 1. The van der Waals surface area contributed by atoms with Crippen LogP contribution < -0.4 is 9.46 Å². The lowest BCUT2D eigenvalue weighted by atomic mass is 10.2. The Labute approximate surface area is 147 Å². The summed E-state index contributed by atoms with van der Waals surface area (Å²) in [6.45, 7) is 3.58. The molecule has 2 rings (SSSR count). The average Bonchev–Trinajstić information content (AvgIpc) is 2.96. The highest BCUT2D eigenvalue weighted by molar-refractivity contribution is 7.89. The third kappa shape index (κ3) is 3.96. The minimum Gasteiger partial charge on any atom is -0.467 e. The van der Waals surface area contributed by atoms with Crippen LogP contribution in [-0.2, 0) is 22.7 Å². The number of hydrogen-bond donors (Lipinski definition) is 1. The van der Waals surface area contributed by atoms with Crippen LogP contribution in [0.5, 0.6) is 6.01 Å². The molecule has 26 heavy (non-hydrogen) atoms. The summed E-state index contributed by atoms with van der Waals surface area (Å²) >= 11 is 0. The van der Waals surface area contributed by atoms with Crippen molar-refractivity contribution in [1.82, 2.24) is 19.5 Å². The van der Waals surface area contributed by atoms with E-state index < -0.39 is 38.5 Å². The zero-order chi connectivity index (χ0) is 19.7. The lowest BCUT2D eigenvalue weighted by Gasteiger charge is -2.16. The largest absolute Gasteiger partial charge is 0.467 e. The monoisotopic (exact) mass is 396 g/mol. The fourth-order valence-corrected chi connectivity index (χ4v) is 3.54. The van der Waals surface area contributed by atoms with Crippen molar-refractivity contribution < 1.29 is 30.7 Å². The van der Waals surface area contributed by atoms with Crippen LogP contribution in [0.2, 0.25) is 0 Å². The second-order valence-corrected chi connectivity index (χ2v) is 6.99. The van der Waals surface area contributed by atoms with Crippen molar-refractivity contribution in [3.05, 3.63) is 35.4 Å². The molecule has 144 valence electrons. The van der Waals surface area contributed by atoms with E-state index in [9.17, 15) is 26.0 Å². The van der Waals surface area contributed by atoms with Crippen molar-refractivity contribution in [1.29, 1.82) is 0 Å². The Hall–Kier alpha value is -2.21. The number of ether oxygens (including phenoxy) is 1. The van der Waals surface area contributed by atoms with Gasteiger partial charge in [-0.2, -0.15) is 13.2 Å². The lowest BCUT2D eigenvalue weighted by Crippen LogP contribution is -2.29. The first-order chi connectivity index (χ1) is 12.0. The number of alkyl halides is 3. The molecule has 0 spiro atoms. The molecule has 1 N–H and O–H groups in total. The molecule has 1 aromatic carbocycles. The van der Waals surface area contributed by atoms with Crippen molar-refractivity contribution in [3.63, 3.8) is 0 Å². The zero-order valence-corrected chi connectivity index (χ0v) is 14.8. The van der Waals surface area contributed by atoms with E-state index in [4.69, 9.17) is 4.74 Å². The third-order valence-corrected chi connectivity index (χ3v) is 5.06. The normalized spacial score (nSPS) is 13.7. The quantitative estimate of drug-likeness (QED) is 0.759. The van der Waals surface area contributed by atoms with Gasteiger partial charge in [0.05, 0.1) is 23.6 Å². The summed E-state index contributed by atoms with van der Waals surface area (Å²) in [7, 11) is -3.00. The van der Waals surface area contributed by atoms with Crippen LogP contribution in [0.15, 0.2) is 23.1 Å². The van der Waals surface area contributed by atoms with E-state index in [-0.39, 0.29) is 17.9 Å². The van der Waals surface area contributed by atoms with Gasteiger partial charge in [-0.25, -0.2) is 17.5 Å². The van der Waals surface area contributed by atoms with Gasteiger partial charge in [0, 0.05) is 6.54 Å². The van der Waals surface area contributed by atoms with Crippen LogP contribution in [0, 0.1) is 5.82 Å². The van der Waals surface area contributed by atoms with Crippen molar-refractivity contribution >= 4 is 10.0 Å². The maximum Gasteiger partial charge on any atom is 0.419 e. The molecule has 0 unspecified atom stereocenters. The first-order valence-corrected chi connectivity index (χ1v) is 8.85. The van der Waals surface area contributed by atoms with Crippen molar-refractivity contribution in [3.8, 4) is 6.01 Å². The number of methoxy groups -OCH3 is 1. The molecular formula is C14H16F4N4O3S. The van der Waals surface area contributed by atoms with Crippen molar-refractivity contribution in [2.45, 2.75) is 37.5 Å². The second-order valence-electron chi connectivity index (χ2n) is 5.27. The van der Waals surface area contributed by atoms with Gasteiger partial charge in [0.1, 0.15) is 5.82 Å². The summed E-state index contributed by atoms with van der Waals surface area (Å²) < 4.78 is 85.2. The molecule has 0 saturated heterocycles. The number of aromatic nitrogens is 3. The highest BCUT2D eigenvalue weighted by Gasteiger charge is 2.35. The van der Waals surface area contributed by atoms with Crippen molar-refractivity contribution in [2.75, 3.05) is 7.11 Å². The van der Waals surface area contributed by atoms with Gasteiger partial charge in [0.2, 0.25) is 10.0 Å². The van der Waals surface area contributed by atoms with E-state index in [0.717, 1.165) is 6.07 Å². The fraction of sp³-hybridized carbons (Fsp3) is 0.429. The van der Waals surface area contributed by atoms with E-state index in [1.807, 2.05) is 0 Å². The zero-order valence-electron chi connectivity index (χ0n) is 14.0. The number of hydrogen-bond acceptors (Lipinski definition) is 5. The van der Waals surface area contributed by atoms with E-state index >= 15 is 0 Å². The molecule has 0 aliphatic rings. The standard InChI is InChI=1S/C14H16F4N4O3S/c1-4-22-12(19-20-13(22)25-3)8(2)21-26(23,24)9-5-6-11(15)10(7-9)14(16,17)18/h5-8,21H,4H2,1-3H3/t8-/m1/s1. The Morgan fingerprint density at radius 3 is 2.50 bits per heavy atom. The van der Waals surface area contributed by atoms with Crippen LogP contribution in [0.25, 0.3) is 0 Å². The second kappa shape index (κ2) is 7.19. The molecule has 0 bridgehead atoms. The smallest absolute Gasteiger partial charge is 0.419 e. The predicted molar refractivity (Wildman–Crippen MR) is 82.4 cm³/mol. The van der Waals surface area contributed by atoms with E-state index in [1.54, 1.807) is 6.92 Å². The van der Waals surface area contributed by atoms with Crippen molar-refractivity contribution in [2.24, 2.45) is 0 Å². The van der Waals surface area contributed by atoms with Gasteiger partial charge in [-0.1, -0.05) is 5.10 Å². The molecule has 0 fully saturated rings. The Bertz CT molecular complexity index is 896. The Balaban J connectivity index is 2.36. The minimum absolute atomic E-state index is 0.162. The summed E-state index contributed by atoms with van der Waals surface area (Å²) in [6.07, 6.45) is -5.02. The first kappa shape index (κ1) is 20.1. The predicted octanol–water partition coefficient (Wildman–Crippen LogP) is 2.50. The maximum atomic E-state index is 13.4. The highest BCUT2D eigenvalue weighted by atomic mass is 32.2. The fourth-order valence-electron chi connectivity index (χ4n) is 2.31. The first-order valence-electron chi connectivity index (χ1n) is 7.37.